The van der Waals surface area contributed by atoms with Gasteiger partial charge in [-0.15, -0.1) is 22.7 Å². The molecule has 1 atom stereocenters. The summed E-state index contributed by atoms with van der Waals surface area (Å²) in [6.45, 7) is 0.0525. The second-order valence-electron chi connectivity index (χ2n) is 5.03. The third-order valence-electron chi connectivity index (χ3n) is 3.35. The number of halogens is 2. The fourth-order valence-electron chi connectivity index (χ4n) is 2.14. The summed E-state index contributed by atoms with van der Waals surface area (Å²) >= 11 is 8.97. The Balaban J connectivity index is 1.63. The molecule has 0 spiro atoms. The third-order valence-corrected chi connectivity index (χ3v) is 5.92. The van der Waals surface area contributed by atoms with Crippen LogP contribution in [-0.4, -0.2) is 17.6 Å². The van der Waals surface area contributed by atoms with Crippen LogP contribution in [0.1, 0.15) is 21.3 Å². The molecule has 1 amide bonds. The fraction of sp³-hybridized carbons (Fsp3) is 0.118. The number of carbonyl (C=O) groups excluding carboxylic acids is 1. The van der Waals surface area contributed by atoms with E-state index in [0.29, 0.717) is 0 Å². The van der Waals surface area contributed by atoms with Gasteiger partial charge in [-0.25, -0.2) is 4.39 Å². The number of aliphatic hydroxyl groups is 1. The first-order chi connectivity index (χ1) is 11.5. The van der Waals surface area contributed by atoms with Crippen molar-refractivity contribution in [3.8, 4) is 9.75 Å². The van der Waals surface area contributed by atoms with Gasteiger partial charge in [0, 0.05) is 21.2 Å². The van der Waals surface area contributed by atoms with E-state index in [9.17, 15) is 14.3 Å². The molecule has 3 aromatic rings. The van der Waals surface area contributed by atoms with Gasteiger partial charge in [0.15, 0.2) is 0 Å². The topological polar surface area (TPSA) is 49.3 Å². The van der Waals surface area contributed by atoms with Crippen LogP contribution < -0.4 is 5.32 Å². The van der Waals surface area contributed by atoms with Crippen LogP contribution in [0, 0.1) is 5.82 Å². The molecule has 0 saturated heterocycles. The summed E-state index contributed by atoms with van der Waals surface area (Å²) in [5, 5.41) is 14.9. The van der Waals surface area contributed by atoms with Crippen molar-refractivity contribution in [3.05, 3.63) is 69.1 Å². The van der Waals surface area contributed by atoms with Gasteiger partial charge in [-0.1, -0.05) is 17.7 Å². The van der Waals surface area contributed by atoms with Crippen molar-refractivity contribution >= 4 is 40.2 Å². The lowest BCUT2D eigenvalue weighted by Crippen LogP contribution is -2.28. The smallest absolute Gasteiger partial charge is 0.252 e. The number of aliphatic hydroxyl groups excluding tert-OH is 1. The summed E-state index contributed by atoms with van der Waals surface area (Å²) in [4.78, 5) is 15.1. The second-order valence-corrected chi connectivity index (χ2v) is 7.50. The number of thiophene rings is 2. The molecule has 7 heteroatoms. The van der Waals surface area contributed by atoms with E-state index in [4.69, 9.17) is 11.6 Å². The lowest BCUT2D eigenvalue weighted by atomic mass is 10.2. The van der Waals surface area contributed by atoms with E-state index in [1.54, 1.807) is 11.3 Å². The van der Waals surface area contributed by atoms with Crippen LogP contribution in [0.2, 0.25) is 5.02 Å². The summed E-state index contributed by atoms with van der Waals surface area (Å²) in [5.74, 6) is -0.953. The minimum Gasteiger partial charge on any atom is -0.386 e. The number of nitrogens with one attached hydrogen (secondary N) is 1. The molecule has 1 unspecified atom stereocenters. The number of amides is 1. The van der Waals surface area contributed by atoms with Crippen LogP contribution in [-0.2, 0) is 0 Å². The van der Waals surface area contributed by atoms with Gasteiger partial charge in [0.2, 0.25) is 0 Å². The molecular formula is C17H13ClFNO2S2. The second kappa shape index (κ2) is 7.44. The first kappa shape index (κ1) is 17.1. The summed E-state index contributed by atoms with van der Waals surface area (Å²) in [6.07, 6.45) is -0.813. The maximum Gasteiger partial charge on any atom is 0.252 e. The van der Waals surface area contributed by atoms with Gasteiger partial charge in [-0.2, -0.15) is 0 Å². The Morgan fingerprint density at radius 3 is 2.79 bits per heavy atom. The molecule has 124 valence electrons. The molecule has 0 saturated carbocycles. The zero-order valence-corrected chi connectivity index (χ0v) is 14.7. The molecule has 2 N–H and O–H groups in total. The summed E-state index contributed by atoms with van der Waals surface area (Å²) in [5.41, 5.74) is 0.177. The third kappa shape index (κ3) is 3.84. The average molecular weight is 382 g/mol. The molecule has 0 aliphatic carbocycles. The highest BCUT2D eigenvalue weighted by atomic mass is 35.5. The molecule has 1 aromatic carbocycles. The normalized spacial score (nSPS) is 12.1. The van der Waals surface area contributed by atoms with Crippen molar-refractivity contribution in [1.29, 1.82) is 0 Å². The summed E-state index contributed by atoms with van der Waals surface area (Å²) < 4.78 is 13.0. The van der Waals surface area contributed by atoms with Gasteiger partial charge >= 0.3 is 0 Å². The van der Waals surface area contributed by atoms with Gasteiger partial charge in [0.25, 0.3) is 5.91 Å². The van der Waals surface area contributed by atoms with E-state index in [2.05, 4.69) is 5.32 Å². The van der Waals surface area contributed by atoms with E-state index in [1.807, 2.05) is 29.6 Å². The van der Waals surface area contributed by atoms with E-state index in [0.717, 1.165) is 20.7 Å². The van der Waals surface area contributed by atoms with Crippen LogP contribution in [0.3, 0.4) is 0 Å². The number of benzene rings is 1. The van der Waals surface area contributed by atoms with E-state index >= 15 is 0 Å². The van der Waals surface area contributed by atoms with Gasteiger partial charge in [0.05, 0.1) is 10.6 Å². The zero-order chi connectivity index (χ0) is 17.1. The quantitative estimate of drug-likeness (QED) is 0.671. The highest BCUT2D eigenvalue weighted by Gasteiger charge is 2.15. The lowest BCUT2D eigenvalue weighted by molar-refractivity contribution is 0.0918. The Labute approximate surface area is 151 Å². The lowest BCUT2D eigenvalue weighted by Gasteiger charge is -2.11. The van der Waals surface area contributed by atoms with Crippen LogP contribution in [0.25, 0.3) is 9.75 Å². The summed E-state index contributed by atoms with van der Waals surface area (Å²) in [7, 11) is 0. The Hall–Kier alpha value is -1.73. The van der Waals surface area contributed by atoms with E-state index in [-0.39, 0.29) is 17.1 Å². The number of hydrogen-bond donors (Lipinski definition) is 2. The van der Waals surface area contributed by atoms with Crippen molar-refractivity contribution in [2.24, 2.45) is 0 Å². The first-order valence-electron chi connectivity index (χ1n) is 7.09. The minimum absolute atomic E-state index is 0.0399. The molecule has 3 rings (SSSR count). The maximum atomic E-state index is 13.0. The SMILES string of the molecule is O=C(NCC(O)c1ccc(-c2cccs2)s1)c1ccc(F)cc1Cl. The first-order valence-corrected chi connectivity index (χ1v) is 9.17. The summed E-state index contributed by atoms with van der Waals surface area (Å²) in [6, 6.07) is 11.4. The fourth-order valence-corrected chi connectivity index (χ4v) is 4.22. The van der Waals surface area contributed by atoms with E-state index < -0.39 is 17.8 Å². The molecule has 24 heavy (non-hydrogen) atoms. The maximum absolute atomic E-state index is 13.0. The van der Waals surface area contributed by atoms with Gasteiger partial charge in [0.1, 0.15) is 11.9 Å². The van der Waals surface area contributed by atoms with Crippen LogP contribution in [0.4, 0.5) is 4.39 Å². The number of hydrogen-bond acceptors (Lipinski definition) is 4. The molecule has 0 radical (unpaired) electrons. The molecule has 0 aliphatic rings. The van der Waals surface area contributed by atoms with Gasteiger partial charge in [-0.3, -0.25) is 4.79 Å². The highest BCUT2D eigenvalue weighted by molar-refractivity contribution is 7.21. The molecule has 0 bridgehead atoms. The van der Waals surface area contributed by atoms with Crippen molar-refractivity contribution in [2.45, 2.75) is 6.10 Å². The standard InChI is InChI=1S/C17H13ClFNO2S2/c18-12-8-10(19)3-4-11(12)17(22)20-9-13(21)14-5-6-16(24-14)15-2-1-7-23-15/h1-8,13,21H,9H2,(H,20,22). The predicted octanol–water partition coefficient (Wildman–Crippen LogP) is 4.73. The molecule has 0 aliphatic heterocycles. The highest BCUT2D eigenvalue weighted by Crippen LogP contribution is 2.33. The largest absolute Gasteiger partial charge is 0.386 e. The Kier molecular flexibility index (Phi) is 5.30. The van der Waals surface area contributed by atoms with Crippen LogP contribution >= 0.6 is 34.3 Å². The Bertz CT molecular complexity index is 848. The monoisotopic (exact) mass is 381 g/mol. The number of carbonyl (C=O) groups is 1. The Morgan fingerprint density at radius 1 is 1.25 bits per heavy atom. The average Bonchev–Trinajstić information content (AvgIpc) is 3.23. The van der Waals surface area contributed by atoms with E-state index in [1.165, 1.54) is 23.5 Å². The Morgan fingerprint density at radius 2 is 2.08 bits per heavy atom. The zero-order valence-electron chi connectivity index (χ0n) is 12.3. The van der Waals surface area contributed by atoms with Crippen LogP contribution in [0.15, 0.2) is 47.8 Å². The number of rotatable bonds is 5. The van der Waals surface area contributed by atoms with Crippen molar-refractivity contribution in [2.75, 3.05) is 6.54 Å². The molecule has 2 aromatic heterocycles. The predicted molar refractivity (Wildman–Crippen MR) is 96.3 cm³/mol. The minimum atomic E-state index is -0.813. The molecular weight excluding hydrogens is 369 g/mol. The molecule has 0 fully saturated rings. The van der Waals surface area contributed by atoms with Gasteiger partial charge in [-0.05, 0) is 41.8 Å². The molecule has 2 heterocycles. The van der Waals surface area contributed by atoms with Crippen LogP contribution in [0.5, 0.6) is 0 Å². The van der Waals surface area contributed by atoms with Crippen molar-refractivity contribution < 1.29 is 14.3 Å². The van der Waals surface area contributed by atoms with Gasteiger partial charge < -0.3 is 10.4 Å². The molecule has 3 nitrogen and oxygen atoms in total. The van der Waals surface area contributed by atoms with Crippen molar-refractivity contribution in [1.82, 2.24) is 5.32 Å². The van der Waals surface area contributed by atoms with Crippen molar-refractivity contribution in [3.63, 3.8) is 0 Å².